The monoisotopic (exact) mass is 275 g/mol. The second kappa shape index (κ2) is 5.86. The molecule has 2 N–H and O–H groups in total. The molecule has 0 bridgehead atoms. The second-order valence-electron chi connectivity index (χ2n) is 6.85. The van der Waals surface area contributed by atoms with E-state index in [2.05, 4.69) is 5.32 Å². The van der Waals surface area contributed by atoms with Gasteiger partial charge >= 0.3 is 0 Å². The predicted molar refractivity (Wildman–Crippen MR) is 82.0 cm³/mol. The highest BCUT2D eigenvalue weighted by atomic mass is 16.3. The van der Waals surface area contributed by atoms with E-state index in [0.717, 1.165) is 18.4 Å². The summed E-state index contributed by atoms with van der Waals surface area (Å²) in [5, 5.41) is 13.2. The van der Waals surface area contributed by atoms with Crippen molar-refractivity contribution in [1.82, 2.24) is 0 Å². The van der Waals surface area contributed by atoms with Crippen molar-refractivity contribution < 1.29 is 9.90 Å². The number of para-hydroxylation sites is 1. The summed E-state index contributed by atoms with van der Waals surface area (Å²) in [5.41, 5.74) is 1.24. The minimum absolute atomic E-state index is 0.0123. The molecule has 2 rings (SSSR count). The zero-order valence-corrected chi connectivity index (χ0v) is 12.7. The molecule has 3 heteroatoms. The average molecular weight is 275 g/mol. The molecule has 110 valence electrons. The van der Waals surface area contributed by atoms with Crippen LogP contribution < -0.4 is 5.32 Å². The summed E-state index contributed by atoms with van der Waals surface area (Å²) in [5.74, 6) is 0.723. The summed E-state index contributed by atoms with van der Waals surface area (Å²) < 4.78 is 0. The summed E-state index contributed by atoms with van der Waals surface area (Å²) >= 11 is 0. The molecule has 0 unspecified atom stereocenters. The number of nitrogens with one attached hydrogen (secondary N) is 1. The van der Waals surface area contributed by atoms with E-state index in [1.165, 1.54) is 12.8 Å². The van der Waals surface area contributed by atoms with Crippen molar-refractivity contribution in [2.45, 2.75) is 58.3 Å². The molecular weight excluding hydrogens is 250 g/mol. The maximum atomic E-state index is 12.1. The summed E-state index contributed by atoms with van der Waals surface area (Å²) in [6, 6.07) is 5.55. The summed E-state index contributed by atoms with van der Waals surface area (Å²) in [6.07, 6.45) is 5.35. The lowest BCUT2D eigenvalue weighted by atomic mass is 9.86. The van der Waals surface area contributed by atoms with Gasteiger partial charge in [0.2, 0.25) is 5.91 Å². The molecule has 3 nitrogen and oxygen atoms in total. The Labute approximate surface area is 121 Å². The van der Waals surface area contributed by atoms with E-state index in [-0.39, 0.29) is 17.1 Å². The first-order valence-corrected chi connectivity index (χ1v) is 7.50. The van der Waals surface area contributed by atoms with Crippen LogP contribution in [0.1, 0.15) is 58.4 Å². The van der Waals surface area contributed by atoms with Crippen LogP contribution in [0, 0.1) is 5.92 Å². The van der Waals surface area contributed by atoms with Gasteiger partial charge < -0.3 is 10.4 Å². The molecule has 1 aromatic rings. The first-order chi connectivity index (χ1) is 9.38. The van der Waals surface area contributed by atoms with E-state index in [0.29, 0.717) is 18.0 Å². The number of hydrogen-bond acceptors (Lipinski definition) is 2. The molecule has 1 fully saturated rings. The number of rotatable bonds is 3. The number of benzene rings is 1. The minimum atomic E-state index is -0.143. The van der Waals surface area contributed by atoms with Gasteiger partial charge in [-0.05, 0) is 30.2 Å². The van der Waals surface area contributed by atoms with Crippen LogP contribution in [0.5, 0.6) is 5.75 Å². The lowest BCUT2D eigenvalue weighted by Crippen LogP contribution is -2.17. The molecule has 1 amide bonds. The van der Waals surface area contributed by atoms with Crippen molar-refractivity contribution >= 4 is 11.6 Å². The number of amides is 1. The van der Waals surface area contributed by atoms with Crippen molar-refractivity contribution in [3.63, 3.8) is 0 Å². The van der Waals surface area contributed by atoms with Crippen LogP contribution in [-0.4, -0.2) is 11.0 Å². The van der Waals surface area contributed by atoms with E-state index in [1.54, 1.807) is 6.07 Å². The van der Waals surface area contributed by atoms with Crippen LogP contribution in [0.2, 0.25) is 0 Å². The van der Waals surface area contributed by atoms with Crippen molar-refractivity contribution in [2.24, 2.45) is 5.92 Å². The third kappa shape index (κ3) is 3.53. The first kappa shape index (κ1) is 14.9. The number of aromatic hydroxyl groups is 1. The standard InChI is InChI=1S/C17H25NO2/c1-17(2,3)13-9-6-10-14(16(13)20)18-15(19)11-12-7-4-5-8-12/h6,9-10,12,20H,4-5,7-8,11H2,1-3H3,(H,18,19). The third-order valence-electron chi connectivity index (χ3n) is 4.07. The normalized spacial score (nSPS) is 16.4. The Morgan fingerprint density at radius 1 is 1.30 bits per heavy atom. The maximum Gasteiger partial charge on any atom is 0.224 e. The quantitative estimate of drug-likeness (QED) is 0.812. The Morgan fingerprint density at radius 3 is 2.55 bits per heavy atom. The van der Waals surface area contributed by atoms with Crippen molar-refractivity contribution in [3.8, 4) is 5.75 Å². The topological polar surface area (TPSA) is 49.3 Å². The van der Waals surface area contributed by atoms with E-state index in [4.69, 9.17) is 0 Å². The van der Waals surface area contributed by atoms with E-state index >= 15 is 0 Å². The molecule has 0 spiro atoms. The Balaban J connectivity index is 2.07. The largest absolute Gasteiger partial charge is 0.505 e. The Morgan fingerprint density at radius 2 is 1.95 bits per heavy atom. The van der Waals surface area contributed by atoms with Crippen molar-refractivity contribution in [1.29, 1.82) is 0 Å². The Bertz CT molecular complexity index is 482. The fourth-order valence-corrected chi connectivity index (χ4v) is 2.93. The Kier molecular flexibility index (Phi) is 4.36. The minimum Gasteiger partial charge on any atom is -0.505 e. The van der Waals surface area contributed by atoms with Gasteiger partial charge in [-0.1, -0.05) is 45.7 Å². The predicted octanol–water partition coefficient (Wildman–Crippen LogP) is 4.21. The highest BCUT2D eigenvalue weighted by molar-refractivity contribution is 5.92. The van der Waals surface area contributed by atoms with Gasteiger partial charge in [-0.3, -0.25) is 4.79 Å². The fourth-order valence-electron chi connectivity index (χ4n) is 2.93. The molecule has 0 atom stereocenters. The van der Waals surface area contributed by atoms with Gasteiger partial charge in [-0.15, -0.1) is 0 Å². The highest BCUT2D eigenvalue weighted by Gasteiger charge is 2.22. The first-order valence-electron chi connectivity index (χ1n) is 7.50. The smallest absolute Gasteiger partial charge is 0.224 e. The van der Waals surface area contributed by atoms with Gasteiger partial charge in [0.25, 0.3) is 0 Å². The second-order valence-corrected chi connectivity index (χ2v) is 6.85. The number of carbonyl (C=O) groups is 1. The summed E-state index contributed by atoms with van der Waals surface area (Å²) in [6.45, 7) is 6.14. The summed E-state index contributed by atoms with van der Waals surface area (Å²) in [4.78, 5) is 12.1. The highest BCUT2D eigenvalue weighted by Crippen LogP contribution is 2.36. The van der Waals surface area contributed by atoms with E-state index in [9.17, 15) is 9.90 Å². The van der Waals surface area contributed by atoms with Crippen LogP contribution in [-0.2, 0) is 10.2 Å². The molecular formula is C17H25NO2. The van der Waals surface area contributed by atoms with Crippen LogP contribution in [0.4, 0.5) is 5.69 Å². The molecule has 1 aliphatic rings. The summed E-state index contributed by atoms with van der Waals surface area (Å²) in [7, 11) is 0. The maximum absolute atomic E-state index is 12.1. The number of hydrogen-bond donors (Lipinski definition) is 2. The molecule has 20 heavy (non-hydrogen) atoms. The fraction of sp³-hybridized carbons (Fsp3) is 0.588. The molecule has 1 aromatic carbocycles. The van der Waals surface area contributed by atoms with Crippen LogP contribution >= 0.6 is 0 Å². The van der Waals surface area contributed by atoms with E-state index < -0.39 is 0 Å². The molecule has 1 saturated carbocycles. The lowest BCUT2D eigenvalue weighted by molar-refractivity contribution is -0.117. The number of carbonyl (C=O) groups excluding carboxylic acids is 1. The van der Waals surface area contributed by atoms with Crippen LogP contribution in [0.25, 0.3) is 0 Å². The van der Waals surface area contributed by atoms with Gasteiger partial charge in [0.1, 0.15) is 5.75 Å². The number of phenolic OH excluding ortho intramolecular Hbond substituents is 1. The number of phenols is 1. The average Bonchev–Trinajstić information content (AvgIpc) is 2.83. The van der Waals surface area contributed by atoms with Crippen molar-refractivity contribution in [2.75, 3.05) is 5.32 Å². The van der Waals surface area contributed by atoms with Crippen molar-refractivity contribution in [3.05, 3.63) is 23.8 Å². The molecule has 0 saturated heterocycles. The van der Waals surface area contributed by atoms with Gasteiger partial charge in [-0.2, -0.15) is 0 Å². The number of anilines is 1. The zero-order valence-electron chi connectivity index (χ0n) is 12.7. The zero-order chi connectivity index (χ0) is 14.8. The molecule has 1 aliphatic carbocycles. The van der Waals surface area contributed by atoms with Gasteiger partial charge in [-0.25, -0.2) is 0 Å². The van der Waals surface area contributed by atoms with Crippen LogP contribution in [0.3, 0.4) is 0 Å². The molecule has 0 heterocycles. The molecule has 0 radical (unpaired) electrons. The lowest BCUT2D eigenvalue weighted by Gasteiger charge is -2.22. The molecule has 0 aromatic heterocycles. The SMILES string of the molecule is CC(C)(C)c1cccc(NC(=O)CC2CCCC2)c1O. The third-order valence-corrected chi connectivity index (χ3v) is 4.07. The van der Waals surface area contributed by atoms with Gasteiger partial charge in [0.15, 0.2) is 0 Å². The molecule has 0 aliphatic heterocycles. The van der Waals surface area contributed by atoms with E-state index in [1.807, 2.05) is 32.9 Å². The van der Waals surface area contributed by atoms with Crippen LogP contribution in [0.15, 0.2) is 18.2 Å². The Hall–Kier alpha value is -1.51. The van der Waals surface area contributed by atoms with Gasteiger partial charge in [0, 0.05) is 12.0 Å². The van der Waals surface area contributed by atoms with Gasteiger partial charge in [0.05, 0.1) is 5.69 Å².